The van der Waals surface area contributed by atoms with Gasteiger partial charge in [-0.25, -0.2) is 0 Å². The first-order chi connectivity index (χ1) is 8.02. The van der Waals surface area contributed by atoms with Gasteiger partial charge in [-0.2, -0.15) is 0 Å². The van der Waals surface area contributed by atoms with E-state index in [2.05, 4.69) is 35.1 Å². The van der Waals surface area contributed by atoms with Gasteiger partial charge in [0.1, 0.15) is 0 Å². The topological polar surface area (TPSA) is 29.1 Å². The van der Waals surface area contributed by atoms with Crippen molar-refractivity contribution in [2.45, 2.75) is 33.2 Å². The summed E-state index contributed by atoms with van der Waals surface area (Å²) in [7, 11) is 0. The van der Waals surface area contributed by atoms with Crippen LogP contribution in [0.5, 0.6) is 0 Å². The van der Waals surface area contributed by atoms with E-state index in [1.807, 2.05) is 31.2 Å². The first-order valence-corrected chi connectivity index (χ1v) is 7.08. The normalized spacial score (nSPS) is 12.5. The van der Waals surface area contributed by atoms with Crippen molar-refractivity contribution < 1.29 is 4.79 Å². The molecule has 17 heavy (non-hydrogen) atoms. The van der Waals surface area contributed by atoms with Crippen molar-refractivity contribution in [3.05, 3.63) is 35.4 Å². The van der Waals surface area contributed by atoms with Crippen LogP contribution in [-0.2, 0) is 0 Å². The van der Waals surface area contributed by atoms with Crippen molar-refractivity contribution in [2.75, 3.05) is 5.33 Å². The van der Waals surface area contributed by atoms with E-state index in [0.29, 0.717) is 5.92 Å². The third-order valence-corrected chi connectivity index (χ3v) is 3.34. The summed E-state index contributed by atoms with van der Waals surface area (Å²) < 4.78 is 0. The fraction of sp³-hybridized carbons (Fsp3) is 0.500. The Balaban J connectivity index is 2.64. The molecular weight excluding hydrogens is 278 g/mol. The molecule has 3 heteroatoms. The van der Waals surface area contributed by atoms with E-state index >= 15 is 0 Å². The molecule has 1 aromatic carbocycles. The summed E-state index contributed by atoms with van der Waals surface area (Å²) in [4.78, 5) is 12.0. The van der Waals surface area contributed by atoms with Crippen LogP contribution in [0.2, 0.25) is 0 Å². The third-order valence-electron chi connectivity index (χ3n) is 2.56. The highest BCUT2D eigenvalue weighted by atomic mass is 79.9. The van der Waals surface area contributed by atoms with E-state index in [9.17, 15) is 4.79 Å². The quantitative estimate of drug-likeness (QED) is 0.828. The molecule has 0 bridgehead atoms. The summed E-state index contributed by atoms with van der Waals surface area (Å²) in [5, 5.41) is 3.85. The molecule has 0 radical (unpaired) electrons. The third kappa shape index (κ3) is 4.90. The lowest BCUT2D eigenvalue weighted by molar-refractivity contribution is 0.0937. The Kier molecular flexibility index (Phi) is 5.69. The first kappa shape index (κ1) is 14.2. The van der Waals surface area contributed by atoms with Crippen molar-refractivity contribution in [1.29, 1.82) is 0 Å². The Morgan fingerprint density at radius 2 is 2.12 bits per heavy atom. The second kappa shape index (κ2) is 6.80. The summed E-state index contributed by atoms with van der Waals surface area (Å²) in [5.41, 5.74) is 1.84. The number of aryl methyl sites for hydroxylation is 1. The molecule has 0 heterocycles. The predicted octanol–water partition coefficient (Wildman–Crippen LogP) is 3.53. The summed E-state index contributed by atoms with van der Waals surface area (Å²) in [6.07, 6.45) is 0.989. The van der Waals surface area contributed by atoms with Gasteiger partial charge in [-0.05, 0) is 31.4 Å². The summed E-state index contributed by atoms with van der Waals surface area (Å²) in [5.74, 6) is 0.592. The second-order valence-electron chi connectivity index (χ2n) is 4.82. The van der Waals surface area contributed by atoms with Gasteiger partial charge in [0.15, 0.2) is 0 Å². The highest BCUT2D eigenvalue weighted by Crippen LogP contribution is 2.09. The number of carbonyl (C=O) groups is 1. The molecule has 0 saturated heterocycles. The smallest absolute Gasteiger partial charge is 0.251 e. The van der Waals surface area contributed by atoms with E-state index < -0.39 is 0 Å². The number of rotatable bonds is 5. The van der Waals surface area contributed by atoms with E-state index in [1.165, 1.54) is 0 Å². The maximum atomic E-state index is 12.0. The zero-order valence-electron chi connectivity index (χ0n) is 10.7. The largest absolute Gasteiger partial charge is 0.348 e. The Bertz CT molecular complexity index is 376. The highest BCUT2D eigenvalue weighted by molar-refractivity contribution is 9.09. The fourth-order valence-corrected chi connectivity index (χ4v) is 2.21. The van der Waals surface area contributed by atoms with Crippen LogP contribution >= 0.6 is 15.9 Å². The number of hydrogen-bond acceptors (Lipinski definition) is 1. The molecule has 1 rings (SSSR count). The van der Waals surface area contributed by atoms with Gasteiger partial charge in [-0.15, -0.1) is 0 Å². The lowest BCUT2D eigenvalue weighted by Gasteiger charge is -2.18. The van der Waals surface area contributed by atoms with Crippen LogP contribution in [-0.4, -0.2) is 17.3 Å². The lowest BCUT2D eigenvalue weighted by atomic mass is 10.0. The Morgan fingerprint density at radius 1 is 1.41 bits per heavy atom. The van der Waals surface area contributed by atoms with E-state index in [1.54, 1.807) is 0 Å². The lowest BCUT2D eigenvalue weighted by Crippen LogP contribution is -2.37. The van der Waals surface area contributed by atoms with Gasteiger partial charge in [-0.3, -0.25) is 4.79 Å². The van der Waals surface area contributed by atoms with Crippen LogP contribution in [0.4, 0.5) is 0 Å². The molecule has 0 aliphatic carbocycles. The molecule has 0 aliphatic heterocycles. The van der Waals surface area contributed by atoms with Gasteiger partial charge in [0, 0.05) is 16.9 Å². The minimum Gasteiger partial charge on any atom is -0.348 e. The number of hydrogen-bond donors (Lipinski definition) is 1. The van der Waals surface area contributed by atoms with E-state index in [0.717, 1.165) is 22.9 Å². The standard InChI is InChI=1S/C14H20BrNO/c1-10(2)7-13(9-15)16-14(17)12-6-4-5-11(3)8-12/h4-6,8,10,13H,7,9H2,1-3H3,(H,16,17). The Labute approximate surface area is 112 Å². The molecule has 1 unspecified atom stereocenters. The Hall–Kier alpha value is -0.830. The number of nitrogens with one attached hydrogen (secondary N) is 1. The summed E-state index contributed by atoms with van der Waals surface area (Å²) in [6.45, 7) is 6.32. The molecule has 0 aliphatic rings. The molecule has 2 nitrogen and oxygen atoms in total. The maximum Gasteiger partial charge on any atom is 0.251 e. The molecule has 0 fully saturated rings. The van der Waals surface area contributed by atoms with Crippen LogP contribution in [0.25, 0.3) is 0 Å². The van der Waals surface area contributed by atoms with Crippen molar-refractivity contribution in [2.24, 2.45) is 5.92 Å². The van der Waals surface area contributed by atoms with Gasteiger partial charge < -0.3 is 5.32 Å². The number of halogens is 1. The molecule has 1 N–H and O–H groups in total. The number of alkyl halides is 1. The van der Waals surface area contributed by atoms with Gasteiger partial charge in [0.25, 0.3) is 5.91 Å². The SMILES string of the molecule is Cc1cccc(C(=O)NC(CBr)CC(C)C)c1. The van der Waals surface area contributed by atoms with Crippen LogP contribution in [0.1, 0.15) is 36.2 Å². The van der Waals surface area contributed by atoms with Crippen molar-refractivity contribution in [3.63, 3.8) is 0 Å². The fourth-order valence-electron chi connectivity index (χ4n) is 1.78. The minimum atomic E-state index is 0.0128. The molecule has 0 aromatic heterocycles. The molecule has 0 saturated carbocycles. The Morgan fingerprint density at radius 3 is 2.65 bits per heavy atom. The van der Waals surface area contributed by atoms with Crippen molar-refractivity contribution >= 4 is 21.8 Å². The van der Waals surface area contributed by atoms with Gasteiger partial charge in [0.05, 0.1) is 0 Å². The van der Waals surface area contributed by atoms with E-state index in [-0.39, 0.29) is 11.9 Å². The predicted molar refractivity (Wildman–Crippen MR) is 75.7 cm³/mol. The zero-order valence-corrected chi connectivity index (χ0v) is 12.3. The number of benzene rings is 1. The first-order valence-electron chi connectivity index (χ1n) is 5.96. The van der Waals surface area contributed by atoms with Gasteiger partial charge in [-0.1, -0.05) is 47.5 Å². The van der Waals surface area contributed by atoms with Crippen molar-refractivity contribution in [3.8, 4) is 0 Å². The minimum absolute atomic E-state index is 0.0128. The molecule has 0 spiro atoms. The van der Waals surface area contributed by atoms with Crippen LogP contribution < -0.4 is 5.32 Å². The molecule has 1 atom stereocenters. The molecular formula is C14H20BrNO. The average Bonchev–Trinajstić information content (AvgIpc) is 2.27. The average molecular weight is 298 g/mol. The zero-order chi connectivity index (χ0) is 12.8. The monoisotopic (exact) mass is 297 g/mol. The molecule has 94 valence electrons. The number of carbonyl (C=O) groups excluding carboxylic acids is 1. The molecule has 1 aromatic rings. The second-order valence-corrected chi connectivity index (χ2v) is 5.47. The van der Waals surface area contributed by atoms with Crippen LogP contribution in [0.3, 0.4) is 0 Å². The summed E-state index contributed by atoms with van der Waals surface area (Å²) in [6, 6.07) is 7.87. The highest BCUT2D eigenvalue weighted by Gasteiger charge is 2.13. The molecule has 1 amide bonds. The van der Waals surface area contributed by atoms with Crippen LogP contribution in [0.15, 0.2) is 24.3 Å². The van der Waals surface area contributed by atoms with E-state index in [4.69, 9.17) is 0 Å². The number of amides is 1. The van der Waals surface area contributed by atoms with Crippen molar-refractivity contribution in [1.82, 2.24) is 5.32 Å². The summed E-state index contributed by atoms with van der Waals surface area (Å²) >= 11 is 3.45. The van der Waals surface area contributed by atoms with Gasteiger partial charge in [0.2, 0.25) is 0 Å². The van der Waals surface area contributed by atoms with Crippen LogP contribution in [0, 0.1) is 12.8 Å². The van der Waals surface area contributed by atoms with Gasteiger partial charge >= 0.3 is 0 Å². The maximum absolute atomic E-state index is 12.0.